The Kier molecular flexibility index (Phi) is 3.05. The molecule has 1 aromatic rings. The van der Waals surface area contributed by atoms with Gasteiger partial charge in [-0.25, -0.2) is 0 Å². The quantitative estimate of drug-likeness (QED) is 0.850. The van der Waals surface area contributed by atoms with Gasteiger partial charge in [-0.3, -0.25) is 4.79 Å². The van der Waals surface area contributed by atoms with Crippen molar-refractivity contribution in [3.8, 4) is 0 Å². The van der Waals surface area contributed by atoms with E-state index in [4.69, 9.17) is 5.73 Å². The number of nitrogens with one attached hydrogen (secondary N) is 1. The number of benzene rings is 1. The van der Waals surface area contributed by atoms with E-state index in [0.717, 1.165) is 32.5 Å². The second-order valence-electron chi connectivity index (χ2n) is 6.97. The van der Waals surface area contributed by atoms with E-state index in [1.165, 1.54) is 5.56 Å². The van der Waals surface area contributed by atoms with Crippen molar-refractivity contribution in [2.45, 2.75) is 24.8 Å². The molecule has 3 fully saturated rings. The van der Waals surface area contributed by atoms with Gasteiger partial charge >= 0.3 is 0 Å². The van der Waals surface area contributed by atoms with E-state index >= 15 is 0 Å². The van der Waals surface area contributed by atoms with Crippen LogP contribution in [-0.4, -0.2) is 43.0 Å². The Morgan fingerprint density at radius 3 is 2.81 bits per heavy atom. The van der Waals surface area contributed by atoms with Gasteiger partial charge in [0.25, 0.3) is 0 Å². The zero-order chi connectivity index (χ0) is 14.4. The van der Waals surface area contributed by atoms with E-state index in [9.17, 15) is 4.79 Å². The summed E-state index contributed by atoms with van der Waals surface area (Å²) in [5.41, 5.74) is 7.84. The fourth-order valence-corrected chi connectivity index (χ4v) is 4.21. The van der Waals surface area contributed by atoms with Crippen molar-refractivity contribution < 1.29 is 4.79 Å². The maximum Gasteiger partial charge on any atom is 0.226 e. The maximum absolute atomic E-state index is 12.7. The van der Waals surface area contributed by atoms with E-state index in [0.29, 0.717) is 12.5 Å². The number of nitrogens with zero attached hydrogens (tertiary/aromatic N) is 1. The Morgan fingerprint density at radius 1 is 1.29 bits per heavy atom. The van der Waals surface area contributed by atoms with Gasteiger partial charge in [-0.05, 0) is 30.4 Å². The standard InChI is InChI=1S/C17H23N3O/c18-15-10-20(9-13(15)12-4-2-1-3-5-12)16(21)14-8-17(14)6-7-19-11-17/h1-5,13-15,19H,6-11,18H2/t13-,14?,15+,17?/m0/s1. The molecule has 0 aromatic heterocycles. The minimum atomic E-state index is 0.0627. The highest BCUT2D eigenvalue weighted by Crippen LogP contribution is 2.57. The fraction of sp³-hybridized carbons (Fsp3) is 0.588. The molecule has 4 rings (SSSR count). The van der Waals surface area contributed by atoms with Gasteiger partial charge in [-0.1, -0.05) is 30.3 Å². The van der Waals surface area contributed by atoms with Gasteiger partial charge in [-0.2, -0.15) is 0 Å². The number of nitrogens with two attached hydrogens (primary N) is 1. The summed E-state index contributed by atoms with van der Waals surface area (Å²) in [5, 5.41) is 3.40. The third-order valence-electron chi connectivity index (χ3n) is 5.67. The number of carbonyl (C=O) groups is 1. The van der Waals surface area contributed by atoms with Gasteiger partial charge in [0, 0.05) is 37.5 Å². The normalized spacial score (nSPS) is 38.1. The first-order valence-electron chi connectivity index (χ1n) is 8.00. The topological polar surface area (TPSA) is 58.4 Å². The molecule has 2 aliphatic heterocycles. The van der Waals surface area contributed by atoms with Crippen LogP contribution >= 0.6 is 0 Å². The van der Waals surface area contributed by atoms with Crippen LogP contribution in [0.5, 0.6) is 0 Å². The molecular formula is C17H23N3O. The van der Waals surface area contributed by atoms with Gasteiger partial charge in [0.05, 0.1) is 0 Å². The average molecular weight is 285 g/mol. The summed E-state index contributed by atoms with van der Waals surface area (Å²) < 4.78 is 0. The van der Waals surface area contributed by atoms with E-state index in [-0.39, 0.29) is 23.3 Å². The molecular weight excluding hydrogens is 262 g/mol. The molecule has 3 aliphatic rings. The van der Waals surface area contributed by atoms with Crippen LogP contribution in [0.25, 0.3) is 0 Å². The summed E-state index contributed by atoms with van der Waals surface area (Å²) in [6, 6.07) is 10.4. The third-order valence-corrected chi connectivity index (χ3v) is 5.67. The van der Waals surface area contributed by atoms with Gasteiger partial charge in [-0.15, -0.1) is 0 Å². The second kappa shape index (κ2) is 4.82. The van der Waals surface area contributed by atoms with Crippen molar-refractivity contribution in [2.75, 3.05) is 26.2 Å². The van der Waals surface area contributed by atoms with Crippen LogP contribution in [0.4, 0.5) is 0 Å². The Bertz CT molecular complexity index is 538. The zero-order valence-electron chi connectivity index (χ0n) is 12.3. The average Bonchev–Trinajstić information content (AvgIpc) is 2.83. The molecule has 4 atom stereocenters. The molecule has 2 heterocycles. The van der Waals surface area contributed by atoms with E-state index in [1.807, 2.05) is 23.1 Å². The lowest BCUT2D eigenvalue weighted by atomic mass is 9.95. The van der Waals surface area contributed by atoms with Crippen LogP contribution < -0.4 is 11.1 Å². The predicted molar refractivity (Wildman–Crippen MR) is 81.8 cm³/mol. The Labute approximate surface area is 125 Å². The molecule has 4 nitrogen and oxygen atoms in total. The van der Waals surface area contributed by atoms with Gasteiger partial charge in [0.2, 0.25) is 5.91 Å². The van der Waals surface area contributed by atoms with Crippen LogP contribution in [0.2, 0.25) is 0 Å². The molecule has 4 heteroatoms. The molecule has 1 spiro atoms. The molecule has 2 unspecified atom stereocenters. The summed E-state index contributed by atoms with van der Waals surface area (Å²) in [7, 11) is 0. The van der Waals surface area contributed by atoms with Gasteiger partial charge in [0.15, 0.2) is 0 Å². The van der Waals surface area contributed by atoms with E-state index in [1.54, 1.807) is 0 Å². The smallest absolute Gasteiger partial charge is 0.226 e. The van der Waals surface area contributed by atoms with Crippen molar-refractivity contribution in [2.24, 2.45) is 17.1 Å². The molecule has 0 radical (unpaired) electrons. The van der Waals surface area contributed by atoms with Crippen molar-refractivity contribution >= 4 is 5.91 Å². The number of amides is 1. The summed E-state index contributed by atoms with van der Waals surface area (Å²) >= 11 is 0. The van der Waals surface area contributed by atoms with Crippen LogP contribution in [0.3, 0.4) is 0 Å². The highest BCUT2D eigenvalue weighted by molar-refractivity contribution is 5.83. The zero-order valence-corrected chi connectivity index (χ0v) is 12.3. The third kappa shape index (κ3) is 2.17. The number of carbonyl (C=O) groups excluding carboxylic acids is 1. The van der Waals surface area contributed by atoms with Crippen molar-refractivity contribution in [3.63, 3.8) is 0 Å². The summed E-state index contributed by atoms with van der Waals surface area (Å²) in [4.78, 5) is 14.7. The second-order valence-corrected chi connectivity index (χ2v) is 6.97. The molecule has 2 saturated heterocycles. The summed E-state index contributed by atoms with van der Waals surface area (Å²) in [5.74, 6) is 0.869. The fourth-order valence-electron chi connectivity index (χ4n) is 4.21. The lowest BCUT2D eigenvalue weighted by Gasteiger charge is -2.18. The SMILES string of the molecule is N[C@@H]1CN(C(=O)C2CC23CCNC3)C[C@H]1c1ccccc1. The Hall–Kier alpha value is -1.39. The summed E-state index contributed by atoms with van der Waals surface area (Å²) in [6.07, 6.45) is 2.23. The van der Waals surface area contributed by atoms with Crippen molar-refractivity contribution in [3.05, 3.63) is 35.9 Å². The molecule has 112 valence electrons. The number of hydrogen-bond acceptors (Lipinski definition) is 3. The van der Waals surface area contributed by atoms with Gasteiger partial charge in [0.1, 0.15) is 0 Å². The van der Waals surface area contributed by atoms with Crippen LogP contribution in [-0.2, 0) is 4.79 Å². The Balaban J connectivity index is 1.45. The van der Waals surface area contributed by atoms with Crippen LogP contribution in [0, 0.1) is 11.3 Å². The molecule has 1 aromatic carbocycles. The number of hydrogen-bond donors (Lipinski definition) is 2. The summed E-state index contributed by atoms with van der Waals surface area (Å²) in [6.45, 7) is 3.57. The maximum atomic E-state index is 12.7. The first-order valence-corrected chi connectivity index (χ1v) is 8.00. The largest absolute Gasteiger partial charge is 0.340 e. The first kappa shape index (κ1) is 13.3. The molecule has 1 aliphatic carbocycles. The number of rotatable bonds is 2. The Morgan fingerprint density at radius 2 is 2.10 bits per heavy atom. The van der Waals surface area contributed by atoms with E-state index < -0.39 is 0 Å². The van der Waals surface area contributed by atoms with Gasteiger partial charge < -0.3 is 16.0 Å². The predicted octanol–water partition coefficient (Wildman–Crippen LogP) is 0.939. The van der Waals surface area contributed by atoms with Crippen molar-refractivity contribution in [1.82, 2.24) is 10.2 Å². The van der Waals surface area contributed by atoms with E-state index in [2.05, 4.69) is 17.4 Å². The highest BCUT2D eigenvalue weighted by Gasteiger charge is 2.60. The number of likely N-dealkylation sites (tertiary alicyclic amines) is 1. The highest BCUT2D eigenvalue weighted by atomic mass is 16.2. The minimum absolute atomic E-state index is 0.0627. The molecule has 0 bridgehead atoms. The monoisotopic (exact) mass is 285 g/mol. The lowest BCUT2D eigenvalue weighted by Crippen LogP contribution is -2.34. The molecule has 1 amide bonds. The minimum Gasteiger partial charge on any atom is -0.340 e. The lowest BCUT2D eigenvalue weighted by molar-refractivity contribution is -0.132. The molecule has 1 saturated carbocycles. The molecule has 21 heavy (non-hydrogen) atoms. The first-order chi connectivity index (χ1) is 10.2. The molecule has 3 N–H and O–H groups in total. The van der Waals surface area contributed by atoms with Crippen molar-refractivity contribution in [1.29, 1.82) is 0 Å². The van der Waals surface area contributed by atoms with Crippen LogP contribution in [0.15, 0.2) is 30.3 Å². The van der Waals surface area contributed by atoms with Crippen LogP contribution in [0.1, 0.15) is 24.3 Å².